The summed E-state index contributed by atoms with van der Waals surface area (Å²) in [7, 11) is 0. The monoisotopic (exact) mass is 384 g/mol. The number of piperidine rings is 1. The van der Waals surface area contributed by atoms with Crippen LogP contribution in [0.2, 0.25) is 0 Å². The molecule has 2 heterocycles. The van der Waals surface area contributed by atoms with E-state index < -0.39 is 0 Å². The molecule has 3 rings (SSSR count). The Morgan fingerprint density at radius 1 is 1.15 bits per heavy atom. The highest BCUT2D eigenvalue weighted by molar-refractivity contribution is 14.1. The van der Waals surface area contributed by atoms with Gasteiger partial charge in [0.1, 0.15) is 0 Å². The van der Waals surface area contributed by atoms with Crippen LogP contribution in [0.3, 0.4) is 0 Å². The predicted molar refractivity (Wildman–Crippen MR) is 88.4 cm³/mol. The Hall–Kier alpha value is -0.620. The van der Waals surface area contributed by atoms with Gasteiger partial charge in [0.15, 0.2) is 0 Å². The second-order valence-corrected chi connectivity index (χ2v) is 7.01. The van der Waals surface area contributed by atoms with Crippen LogP contribution in [-0.4, -0.2) is 30.4 Å². The molecule has 108 valence electrons. The zero-order valence-electron chi connectivity index (χ0n) is 11.6. The van der Waals surface area contributed by atoms with Crippen LogP contribution in [-0.2, 0) is 4.79 Å². The van der Waals surface area contributed by atoms with Crippen molar-refractivity contribution in [2.45, 2.75) is 31.7 Å². The highest BCUT2D eigenvalue weighted by atomic mass is 127. The zero-order chi connectivity index (χ0) is 13.9. The molecule has 0 saturated carbocycles. The lowest BCUT2D eigenvalue weighted by molar-refractivity contribution is -0.137. The number of halogens is 1. The Morgan fingerprint density at radius 3 is 2.55 bits per heavy atom. The quantitative estimate of drug-likeness (QED) is 0.796. The molecule has 2 aliphatic rings. The topological polar surface area (TPSA) is 32.3 Å². The molecular weight excluding hydrogens is 363 g/mol. The normalized spacial score (nSPS) is 24.1. The maximum Gasteiger partial charge on any atom is 0.226 e. The molecule has 20 heavy (non-hydrogen) atoms. The van der Waals surface area contributed by atoms with Gasteiger partial charge in [-0.15, -0.1) is 0 Å². The molecule has 1 aromatic carbocycles. The average Bonchev–Trinajstić information content (AvgIpc) is 2.97. The molecule has 2 fully saturated rings. The first-order chi connectivity index (χ1) is 9.75. The number of hydrogen-bond donors (Lipinski definition) is 1. The van der Waals surface area contributed by atoms with Crippen molar-refractivity contribution in [2.24, 2.45) is 5.92 Å². The van der Waals surface area contributed by atoms with Crippen LogP contribution in [0.4, 0.5) is 0 Å². The van der Waals surface area contributed by atoms with Crippen molar-refractivity contribution < 1.29 is 4.79 Å². The fraction of sp³-hybridized carbons (Fsp3) is 0.562. The van der Waals surface area contributed by atoms with Crippen LogP contribution in [0.25, 0.3) is 0 Å². The fourth-order valence-electron chi connectivity index (χ4n) is 3.37. The van der Waals surface area contributed by atoms with E-state index in [1.54, 1.807) is 0 Å². The number of nitrogens with zero attached hydrogens (tertiary/aromatic N) is 1. The number of rotatable bonds is 2. The van der Waals surface area contributed by atoms with Gasteiger partial charge in [-0.25, -0.2) is 0 Å². The van der Waals surface area contributed by atoms with Gasteiger partial charge in [-0.1, -0.05) is 12.1 Å². The van der Waals surface area contributed by atoms with E-state index >= 15 is 0 Å². The van der Waals surface area contributed by atoms with Crippen molar-refractivity contribution in [1.82, 2.24) is 10.2 Å². The van der Waals surface area contributed by atoms with E-state index in [1.165, 1.54) is 9.13 Å². The molecule has 0 bridgehead atoms. The summed E-state index contributed by atoms with van der Waals surface area (Å²) in [6.07, 6.45) is 4.23. The SMILES string of the molecule is O=C(C1CCNCC1)N1CCCC1c1ccc(I)cc1. The molecule has 1 unspecified atom stereocenters. The van der Waals surface area contributed by atoms with E-state index in [0.29, 0.717) is 11.9 Å². The van der Waals surface area contributed by atoms with Gasteiger partial charge in [-0.2, -0.15) is 0 Å². The molecule has 0 radical (unpaired) electrons. The van der Waals surface area contributed by atoms with Gasteiger partial charge in [0, 0.05) is 16.0 Å². The largest absolute Gasteiger partial charge is 0.335 e. The summed E-state index contributed by atoms with van der Waals surface area (Å²) in [5, 5.41) is 3.34. The number of likely N-dealkylation sites (tertiary alicyclic amines) is 1. The van der Waals surface area contributed by atoms with Gasteiger partial charge in [0.05, 0.1) is 6.04 Å². The molecular formula is C16H21IN2O. The number of hydrogen-bond acceptors (Lipinski definition) is 2. The van der Waals surface area contributed by atoms with E-state index in [-0.39, 0.29) is 5.92 Å². The molecule has 2 aliphatic heterocycles. The summed E-state index contributed by atoms with van der Waals surface area (Å²) >= 11 is 2.33. The van der Waals surface area contributed by atoms with Crippen LogP contribution >= 0.6 is 22.6 Å². The van der Waals surface area contributed by atoms with E-state index in [4.69, 9.17) is 0 Å². The Balaban J connectivity index is 1.74. The second-order valence-electron chi connectivity index (χ2n) is 5.77. The minimum atomic E-state index is 0.237. The van der Waals surface area contributed by atoms with E-state index in [9.17, 15) is 4.79 Å². The first-order valence-electron chi connectivity index (χ1n) is 7.52. The summed E-state index contributed by atoms with van der Waals surface area (Å²) in [5.74, 6) is 0.619. The average molecular weight is 384 g/mol. The summed E-state index contributed by atoms with van der Waals surface area (Å²) in [6, 6.07) is 8.94. The summed E-state index contributed by atoms with van der Waals surface area (Å²) in [5.41, 5.74) is 1.30. The second kappa shape index (κ2) is 6.43. The lowest BCUT2D eigenvalue weighted by Crippen LogP contribution is -2.40. The number of carbonyl (C=O) groups is 1. The van der Waals surface area contributed by atoms with Gasteiger partial charge in [0.2, 0.25) is 5.91 Å². The number of amides is 1. The van der Waals surface area contributed by atoms with Crippen molar-refractivity contribution in [1.29, 1.82) is 0 Å². The minimum absolute atomic E-state index is 0.237. The molecule has 1 N–H and O–H groups in total. The molecule has 4 heteroatoms. The minimum Gasteiger partial charge on any atom is -0.335 e. The molecule has 0 spiro atoms. The predicted octanol–water partition coefficient (Wildman–Crippen LogP) is 2.95. The van der Waals surface area contributed by atoms with Crippen molar-refractivity contribution in [3.8, 4) is 0 Å². The first kappa shape index (κ1) is 14.3. The lowest BCUT2D eigenvalue weighted by atomic mass is 9.95. The third kappa shape index (κ3) is 3.01. The Bertz CT molecular complexity index is 468. The molecule has 1 amide bonds. The van der Waals surface area contributed by atoms with Gasteiger partial charge in [-0.3, -0.25) is 4.79 Å². The molecule has 1 aromatic rings. The Morgan fingerprint density at radius 2 is 1.85 bits per heavy atom. The summed E-state index contributed by atoms with van der Waals surface area (Å²) in [6.45, 7) is 2.90. The lowest BCUT2D eigenvalue weighted by Gasteiger charge is -2.31. The highest BCUT2D eigenvalue weighted by Crippen LogP contribution is 2.34. The Labute approximate surface area is 134 Å². The third-order valence-corrected chi connectivity index (χ3v) is 5.20. The van der Waals surface area contributed by atoms with E-state index in [2.05, 4.69) is 57.1 Å². The van der Waals surface area contributed by atoms with E-state index in [0.717, 1.165) is 45.3 Å². The van der Waals surface area contributed by atoms with Crippen LogP contribution in [0, 0.1) is 9.49 Å². The molecule has 2 saturated heterocycles. The number of carbonyl (C=O) groups excluding carboxylic acids is 1. The van der Waals surface area contributed by atoms with Crippen LogP contribution in [0.1, 0.15) is 37.3 Å². The Kier molecular flexibility index (Phi) is 4.61. The maximum absolute atomic E-state index is 12.7. The number of benzene rings is 1. The van der Waals surface area contributed by atoms with Gasteiger partial charge >= 0.3 is 0 Å². The maximum atomic E-state index is 12.7. The number of nitrogens with one attached hydrogen (secondary N) is 1. The van der Waals surface area contributed by atoms with E-state index in [1.807, 2.05) is 0 Å². The molecule has 3 nitrogen and oxygen atoms in total. The van der Waals surface area contributed by atoms with Crippen LogP contribution in [0.15, 0.2) is 24.3 Å². The smallest absolute Gasteiger partial charge is 0.226 e. The molecule has 0 aromatic heterocycles. The van der Waals surface area contributed by atoms with Crippen molar-refractivity contribution in [3.05, 3.63) is 33.4 Å². The van der Waals surface area contributed by atoms with Crippen molar-refractivity contribution >= 4 is 28.5 Å². The van der Waals surface area contributed by atoms with Crippen molar-refractivity contribution in [3.63, 3.8) is 0 Å². The third-order valence-electron chi connectivity index (χ3n) is 4.48. The van der Waals surface area contributed by atoms with Gasteiger partial charge in [-0.05, 0) is 79.1 Å². The summed E-state index contributed by atoms with van der Waals surface area (Å²) in [4.78, 5) is 14.9. The standard InChI is InChI=1S/C16H21IN2O/c17-14-5-3-12(4-6-14)15-2-1-11-19(15)16(20)13-7-9-18-10-8-13/h3-6,13,15,18H,1-2,7-11H2. The zero-order valence-corrected chi connectivity index (χ0v) is 13.8. The fourth-order valence-corrected chi connectivity index (χ4v) is 3.72. The molecule has 1 atom stereocenters. The van der Waals surface area contributed by atoms with Crippen LogP contribution < -0.4 is 5.32 Å². The van der Waals surface area contributed by atoms with Gasteiger partial charge < -0.3 is 10.2 Å². The first-order valence-corrected chi connectivity index (χ1v) is 8.60. The van der Waals surface area contributed by atoms with Gasteiger partial charge in [0.25, 0.3) is 0 Å². The van der Waals surface area contributed by atoms with Crippen molar-refractivity contribution in [2.75, 3.05) is 19.6 Å². The highest BCUT2D eigenvalue weighted by Gasteiger charge is 2.34. The summed E-state index contributed by atoms with van der Waals surface area (Å²) < 4.78 is 1.25. The van der Waals surface area contributed by atoms with Crippen LogP contribution in [0.5, 0.6) is 0 Å². The molecule has 0 aliphatic carbocycles.